The average molecular weight is 330 g/mol. The molecule has 6 heteroatoms. The van der Waals surface area contributed by atoms with Gasteiger partial charge < -0.3 is 15.3 Å². The van der Waals surface area contributed by atoms with E-state index >= 15 is 0 Å². The van der Waals surface area contributed by atoms with E-state index in [1.165, 1.54) is 4.90 Å². The number of carboxylic acids is 1. The Hall–Kier alpha value is -2.37. The maximum Gasteiger partial charge on any atom is 0.321 e. The maximum atomic E-state index is 12.4. The van der Waals surface area contributed by atoms with Crippen molar-refractivity contribution >= 4 is 23.5 Å². The molecule has 1 aromatic rings. The fourth-order valence-electron chi connectivity index (χ4n) is 3.38. The summed E-state index contributed by atoms with van der Waals surface area (Å²) in [6.45, 7) is 2.26. The largest absolute Gasteiger partial charge is 0.481 e. The molecular formula is C18H22N2O4. The molecule has 1 aliphatic carbocycles. The number of benzene rings is 1. The molecule has 6 nitrogen and oxygen atoms in total. The molecule has 1 saturated heterocycles. The monoisotopic (exact) mass is 330 g/mol. The fraction of sp³-hybridized carbons (Fsp3) is 0.500. The number of fused-ring (bicyclic) bond motifs is 1. The SMILES string of the molecule is CC1(C(=O)O)CCN(C(=O)Nc2ccc3c(c2)C(=O)CCCC3)C1. The molecule has 0 spiro atoms. The Morgan fingerprint density at radius 1 is 1.25 bits per heavy atom. The van der Waals surface area contributed by atoms with Gasteiger partial charge >= 0.3 is 12.0 Å². The molecular weight excluding hydrogens is 308 g/mol. The number of aryl methyl sites for hydroxylation is 1. The van der Waals surface area contributed by atoms with E-state index in [-0.39, 0.29) is 18.4 Å². The molecule has 1 fully saturated rings. The van der Waals surface area contributed by atoms with Crippen LogP contribution in [0.25, 0.3) is 0 Å². The molecule has 2 aliphatic rings. The van der Waals surface area contributed by atoms with Crippen LogP contribution in [-0.4, -0.2) is 40.9 Å². The number of Topliss-reactive ketones (excluding diaryl/α,β-unsaturated/α-hetero) is 1. The quantitative estimate of drug-likeness (QED) is 0.816. The summed E-state index contributed by atoms with van der Waals surface area (Å²) in [5, 5.41) is 12.0. The standard InChI is InChI=1S/C18H22N2O4/c1-18(16(22)23)8-9-20(11-18)17(24)19-13-7-6-12-4-2-3-5-15(21)14(12)10-13/h6-7,10H,2-5,8-9,11H2,1H3,(H,19,24)(H,22,23). The van der Waals surface area contributed by atoms with Gasteiger partial charge in [-0.25, -0.2) is 4.79 Å². The van der Waals surface area contributed by atoms with Gasteiger partial charge in [0.1, 0.15) is 0 Å². The van der Waals surface area contributed by atoms with Gasteiger partial charge in [0.15, 0.2) is 5.78 Å². The molecule has 0 saturated carbocycles. The van der Waals surface area contributed by atoms with Crippen LogP contribution in [0.5, 0.6) is 0 Å². The summed E-state index contributed by atoms with van der Waals surface area (Å²) < 4.78 is 0. The number of carbonyl (C=O) groups excluding carboxylic acids is 2. The molecule has 0 radical (unpaired) electrons. The molecule has 0 aromatic heterocycles. The van der Waals surface area contributed by atoms with Gasteiger partial charge in [0, 0.05) is 30.8 Å². The fourth-order valence-corrected chi connectivity index (χ4v) is 3.38. The van der Waals surface area contributed by atoms with E-state index in [4.69, 9.17) is 0 Å². The average Bonchev–Trinajstić information content (AvgIpc) is 2.87. The Morgan fingerprint density at radius 3 is 2.71 bits per heavy atom. The highest BCUT2D eigenvalue weighted by molar-refractivity contribution is 6.00. The topological polar surface area (TPSA) is 86.7 Å². The molecule has 128 valence electrons. The predicted molar refractivity (Wildman–Crippen MR) is 89.3 cm³/mol. The van der Waals surface area contributed by atoms with Crippen molar-refractivity contribution in [3.8, 4) is 0 Å². The molecule has 1 aromatic carbocycles. The minimum atomic E-state index is -0.888. The summed E-state index contributed by atoms with van der Waals surface area (Å²) in [4.78, 5) is 37.3. The second kappa shape index (κ2) is 6.26. The molecule has 0 bridgehead atoms. The summed E-state index contributed by atoms with van der Waals surface area (Å²) in [6.07, 6.45) is 3.78. The van der Waals surface area contributed by atoms with Gasteiger partial charge in [-0.05, 0) is 50.3 Å². The number of hydrogen-bond donors (Lipinski definition) is 2. The number of likely N-dealkylation sites (tertiary alicyclic amines) is 1. The van der Waals surface area contributed by atoms with E-state index in [9.17, 15) is 19.5 Å². The number of nitrogens with zero attached hydrogens (tertiary/aromatic N) is 1. The first-order chi connectivity index (χ1) is 11.4. The number of hydrogen-bond acceptors (Lipinski definition) is 3. The molecule has 1 atom stereocenters. The number of rotatable bonds is 2. The van der Waals surface area contributed by atoms with E-state index in [1.807, 2.05) is 12.1 Å². The molecule has 1 aliphatic heterocycles. The van der Waals surface area contributed by atoms with Crippen LogP contribution < -0.4 is 5.32 Å². The van der Waals surface area contributed by atoms with Crippen molar-refractivity contribution in [2.24, 2.45) is 5.41 Å². The van der Waals surface area contributed by atoms with Gasteiger partial charge in [0.25, 0.3) is 0 Å². The van der Waals surface area contributed by atoms with Gasteiger partial charge in [-0.1, -0.05) is 6.07 Å². The Bertz CT molecular complexity index is 700. The number of aliphatic carboxylic acids is 1. The lowest BCUT2D eigenvalue weighted by Crippen LogP contribution is -2.37. The smallest absolute Gasteiger partial charge is 0.321 e. The van der Waals surface area contributed by atoms with Crippen molar-refractivity contribution in [1.82, 2.24) is 4.90 Å². The second-order valence-corrected chi connectivity index (χ2v) is 6.97. The van der Waals surface area contributed by atoms with Crippen molar-refractivity contribution in [3.05, 3.63) is 29.3 Å². The van der Waals surface area contributed by atoms with Crippen molar-refractivity contribution in [1.29, 1.82) is 0 Å². The summed E-state index contributed by atoms with van der Waals surface area (Å²) in [5.41, 5.74) is 1.43. The number of anilines is 1. The molecule has 1 unspecified atom stereocenters. The Morgan fingerprint density at radius 2 is 2.00 bits per heavy atom. The second-order valence-electron chi connectivity index (χ2n) is 6.97. The summed E-state index contributed by atoms with van der Waals surface area (Å²) >= 11 is 0. The van der Waals surface area contributed by atoms with Gasteiger partial charge in [-0.15, -0.1) is 0 Å². The lowest BCUT2D eigenvalue weighted by molar-refractivity contribution is -0.146. The van der Waals surface area contributed by atoms with E-state index in [1.54, 1.807) is 13.0 Å². The zero-order chi connectivity index (χ0) is 17.3. The number of nitrogens with one attached hydrogen (secondary N) is 1. The van der Waals surface area contributed by atoms with Crippen LogP contribution in [0.3, 0.4) is 0 Å². The normalized spacial score (nSPS) is 23.5. The number of carbonyl (C=O) groups is 3. The Labute approximate surface area is 140 Å². The Balaban J connectivity index is 1.72. The molecule has 2 amide bonds. The molecule has 1 heterocycles. The van der Waals surface area contributed by atoms with Gasteiger partial charge in [0.2, 0.25) is 0 Å². The van der Waals surface area contributed by atoms with Crippen LogP contribution in [0.4, 0.5) is 10.5 Å². The van der Waals surface area contributed by atoms with Crippen molar-refractivity contribution < 1.29 is 19.5 Å². The van der Waals surface area contributed by atoms with Crippen LogP contribution >= 0.6 is 0 Å². The third-order valence-corrected chi connectivity index (χ3v) is 5.04. The van der Waals surface area contributed by atoms with Crippen molar-refractivity contribution in [3.63, 3.8) is 0 Å². The zero-order valence-corrected chi connectivity index (χ0v) is 13.8. The third-order valence-electron chi connectivity index (χ3n) is 5.04. The van der Waals surface area contributed by atoms with E-state index in [0.29, 0.717) is 30.6 Å². The van der Waals surface area contributed by atoms with Crippen LogP contribution in [0.1, 0.15) is 48.5 Å². The van der Waals surface area contributed by atoms with Crippen molar-refractivity contribution in [2.75, 3.05) is 18.4 Å². The number of amides is 2. The molecule has 24 heavy (non-hydrogen) atoms. The van der Waals surface area contributed by atoms with Gasteiger partial charge in [0.05, 0.1) is 5.41 Å². The van der Waals surface area contributed by atoms with Crippen LogP contribution in [0.2, 0.25) is 0 Å². The first-order valence-electron chi connectivity index (χ1n) is 8.34. The highest BCUT2D eigenvalue weighted by Crippen LogP contribution is 2.31. The van der Waals surface area contributed by atoms with Gasteiger partial charge in [-0.2, -0.15) is 0 Å². The lowest BCUT2D eigenvalue weighted by atomic mass is 9.90. The number of carboxylic acid groups (broad SMARTS) is 1. The summed E-state index contributed by atoms with van der Waals surface area (Å²) in [5.74, 6) is -0.758. The summed E-state index contributed by atoms with van der Waals surface area (Å²) in [7, 11) is 0. The molecule has 3 rings (SSSR count). The maximum absolute atomic E-state index is 12.4. The minimum absolute atomic E-state index is 0.123. The zero-order valence-electron chi connectivity index (χ0n) is 13.8. The van der Waals surface area contributed by atoms with E-state index in [2.05, 4.69) is 5.32 Å². The number of urea groups is 1. The first-order valence-corrected chi connectivity index (χ1v) is 8.34. The Kier molecular flexibility index (Phi) is 4.30. The lowest BCUT2D eigenvalue weighted by Gasteiger charge is -2.20. The van der Waals surface area contributed by atoms with Crippen LogP contribution in [0, 0.1) is 5.41 Å². The van der Waals surface area contributed by atoms with Gasteiger partial charge in [-0.3, -0.25) is 9.59 Å². The van der Waals surface area contributed by atoms with E-state index < -0.39 is 11.4 Å². The van der Waals surface area contributed by atoms with Crippen molar-refractivity contribution in [2.45, 2.75) is 39.0 Å². The first kappa shape index (κ1) is 16.5. The minimum Gasteiger partial charge on any atom is -0.481 e. The summed E-state index contributed by atoms with van der Waals surface area (Å²) in [6, 6.07) is 5.13. The van der Waals surface area contributed by atoms with Crippen LogP contribution in [0.15, 0.2) is 18.2 Å². The number of ketones is 1. The molecule has 2 N–H and O–H groups in total. The highest BCUT2D eigenvalue weighted by Gasteiger charge is 2.42. The third kappa shape index (κ3) is 3.13. The van der Waals surface area contributed by atoms with Crippen LogP contribution in [-0.2, 0) is 11.2 Å². The van der Waals surface area contributed by atoms with E-state index in [0.717, 1.165) is 24.8 Å². The highest BCUT2D eigenvalue weighted by atomic mass is 16.4. The predicted octanol–water partition coefficient (Wildman–Crippen LogP) is 2.92.